The van der Waals surface area contributed by atoms with E-state index in [0.29, 0.717) is 35.5 Å². The van der Waals surface area contributed by atoms with E-state index in [1.54, 1.807) is 17.0 Å². The zero-order valence-corrected chi connectivity index (χ0v) is 18.5. The maximum Gasteiger partial charge on any atom is 0.324 e. The Morgan fingerprint density at radius 3 is 2.70 bits per heavy atom. The van der Waals surface area contributed by atoms with Gasteiger partial charge in [-0.3, -0.25) is 19.8 Å². The molecule has 8 nitrogen and oxygen atoms in total. The summed E-state index contributed by atoms with van der Waals surface area (Å²) in [6, 6.07) is 8.79. The second-order valence-electron chi connectivity index (χ2n) is 6.59. The zero-order valence-electron chi connectivity index (χ0n) is 16.9. The lowest BCUT2D eigenvalue weighted by molar-refractivity contribution is -0.380. The van der Waals surface area contributed by atoms with Crippen LogP contribution in [0.2, 0.25) is 0 Å². The van der Waals surface area contributed by atoms with Gasteiger partial charge in [-0.1, -0.05) is 28.7 Å². The van der Waals surface area contributed by atoms with Gasteiger partial charge in [0.25, 0.3) is 5.91 Å². The Morgan fingerprint density at radius 1 is 1.23 bits per heavy atom. The summed E-state index contributed by atoms with van der Waals surface area (Å²) in [6.07, 6.45) is 3.03. The molecule has 0 N–H and O–H groups in total. The number of ether oxygens (including phenoxy) is 1. The van der Waals surface area contributed by atoms with Gasteiger partial charge in [0.05, 0.1) is 16.2 Å². The van der Waals surface area contributed by atoms with Crippen molar-refractivity contribution in [3.05, 3.63) is 51.4 Å². The number of fused-ring (bicyclic) bond motifs is 1. The number of carbonyl (C=O) groups excluding carboxylic acids is 1. The van der Waals surface area contributed by atoms with Crippen molar-refractivity contribution in [2.45, 2.75) is 6.92 Å². The lowest BCUT2D eigenvalue weighted by Crippen LogP contribution is -2.35. The molecule has 0 bridgehead atoms. The molecule has 0 spiro atoms. The van der Waals surface area contributed by atoms with Gasteiger partial charge in [0.1, 0.15) is 11.3 Å². The minimum Gasteiger partial charge on any atom is -0.492 e. The Morgan fingerprint density at radius 2 is 2.03 bits per heavy atom. The van der Waals surface area contributed by atoms with Crippen LogP contribution in [0.25, 0.3) is 16.3 Å². The summed E-state index contributed by atoms with van der Waals surface area (Å²) in [4.78, 5) is 32.3. The number of thiophene rings is 1. The van der Waals surface area contributed by atoms with E-state index in [4.69, 9.17) is 4.74 Å². The monoisotopic (exact) mass is 446 g/mol. The van der Waals surface area contributed by atoms with E-state index < -0.39 is 4.92 Å². The first kappa shape index (κ1) is 21.9. The summed E-state index contributed by atoms with van der Waals surface area (Å²) < 4.78 is 6.60. The highest BCUT2D eigenvalue weighted by molar-refractivity contribution is 7.22. The summed E-state index contributed by atoms with van der Waals surface area (Å²) in [7, 11) is 3.88. The van der Waals surface area contributed by atoms with Crippen molar-refractivity contribution in [2.75, 3.05) is 38.7 Å². The number of hydrogen-bond donors (Lipinski definition) is 0. The fraction of sp³-hybridized carbons (Fsp3) is 0.300. The van der Waals surface area contributed by atoms with Crippen molar-refractivity contribution in [1.82, 2.24) is 9.88 Å². The quantitative estimate of drug-likeness (QED) is 0.277. The molecular formula is C20H22N4O4S2. The van der Waals surface area contributed by atoms with Crippen molar-refractivity contribution < 1.29 is 14.5 Å². The van der Waals surface area contributed by atoms with Crippen molar-refractivity contribution in [3.8, 4) is 5.75 Å². The molecule has 2 heterocycles. The van der Waals surface area contributed by atoms with Crippen molar-refractivity contribution in [2.24, 2.45) is 0 Å². The van der Waals surface area contributed by atoms with E-state index in [1.165, 1.54) is 23.5 Å². The van der Waals surface area contributed by atoms with Crippen molar-refractivity contribution >= 4 is 55.0 Å². The van der Waals surface area contributed by atoms with Gasteiger partial charge < -0.3 is 9.64 Å². The van der Waals surface area contributed by atoms with Crippen LogP contribution in [-0.2, 0) is 4.79 Å². The molecule has 0 aliphatic carbocycles. The molecule has 3 rings (SSSR count). The minimum atomic E-state index is -0.440. The van der Waals surface area contributed by atoms with E-state index >= 15 is 0 Å². The third-order valence-electron chi connectivity index (χ3n) is 4.12. The second kappa shape index (κ2) is 9.79. The Hall–Kier alpha value is -2.82. The predicted octanol–water partition coefficient (Wildman–Crippen LogP) is 4.27. The number of rotatable bonds is 9. The number of para-hydroxylation sites is 1. The maximum absolute atomic E-state index is 13.0. The molecular weight excluding hydrogens is 424 g/mol. The smallest absolute Gasteiger partial charge is 0.324 e. The molecule has 0 aliphatic rings. The minimum absolute atomic E-state index is 0.0428. The van der Waals surface area contributed by atoms with Crippen LogP contribution < -0.4 is 9.64 Å². The molecule has 10 heteroatoms. The maximum atomic E-state index is 13.0. The van der Waals surface area contributed by atoms with Crippen LogP contribution in [0.4, 0.5) is 10.1 Å². The topological polar surface area (TPSA) is 88.8 Å². The molecule has 0 fully saturated rings. The molecule has 1 amide bonds. The van der Waals surface area contributed by atoms with Crippen LogP contribution in [0.5, 0.6) is 5.75 Å². The number of thiazole rings is 1. The molecule has 0 aliphatic heterocycles. The Balaban J connectivity index is 1.89. The number of nitrogens with zero attached hydrogens (tertiary/aromatic N) is 4. The summed E-state index contributed by atoms with van der Waals surface area (Å²) >= 11 is 2.46. The van der Waals surface area contributed by atoms with Gasteiger partial charge in [-0.15, -0.1) is 0 Å². The van der Waals surface area contributed by atoms with Gasteiger partial charge >= 0.3 is 5.00 Å². The fourth-order valence-corrected chi connectivity index (χ4v) is 4.41. The number of carbonyl (C=O) groups is 1. The summed E-state index contributed by atoms with van der Waals surface area (Å²) in [5, 5.41) is 11.5. The van der Waals surface area contributed by atoms with Gasteiger partial charge in [0, 0.05) is 30.1 Å². The first-order valence-corrected chi connectivity index (χ1v) is 10.9. The third-order valence-corrected chi connectivity index (χ3v) is 6.17. The summed E-state index contributed by atoms with van der Waals surface area (Å²) in [5.41, 5.74) is 0.736. The Labute approximate surface area is 182 Å². The van der Waals surface area contributed by atoms with Crippen LogP contribution in [0.3, 0.4) is 0 Å². The van der Waals surface area contributed by atoms with Crippen LogP contribution in [-0.4, -0.2) is 54.5 Å². The van der Waals surface area contributed by atoms with Gasteiger partial charge in [-0.25, -0.2) is 4.98 Å². The van der Waals surface area contributed by atoms with E-state index in [9.17, 15) is 14.9 Å². The molecule has 158 valence electrons. The third kappa shape index (κ3) is 5.21. The first-order valence-electron chi connectivity index (χ1n) is 9.30. The van der Waals surface area contributed by atoms with Crippen LogP contribution in [0, 0.1) is 10.1 Å². The largest absolute Gasteiger partial charge is 0.492 e. The number of anilines is 1. The van der Waals surface area contributed by atoms with Crippen LogP contribution >= 0.6 is 22.7 Å². The number of aromatic nitrogens is 1. The lowest BCUT2D eigenvalue weighted by Gasteiger charge is -2.20. The van der Waals surface area contributed by atoms with Gasteiger partial charge in [-0.05, 0) is 45.3 Å². The Bertz CT molecular complexity index is 1070. The molecule has 2 aromatic heterocycles. The molecule has 0 saturated carbocycles. The summed E-state index contributed by atoms with van der Waals surface area (Å²) in [6.45, 7) is 3.58. The van der Waals surface area contributed by atoms with E-state index in [1.807, 2.05) is 44.1 Å². The van der Waals surface area contributed by atoms with Crippen LogP contribution in [0.1, 0.15) is 11.8 Å². The number of benzene rings is 1. The second-order valence-corrected chi connectivity index (χ2v) is 8.69. The molecule has 0 saturated heterocycles. The van der Waals surface area contributed by atoms with Gasteiger partial charge in [-0.2, -0.15) is 0 Å². The van der Waals surface area contributed by atoms with Crippen LogP contribution in [0.15, 0.2) is 36.4 Å². The fourth-order valence-electron chi connectivity index (χ4n) is 2.67. The molecule has 0 radical (unpaired) electrons. The van der Waals surface area contributed by atoms with E-state index in [2.05, 4.69) is 4.98 Å². The average Bonchev–Trinajstić information content (AvgIpc) is 3.34. The summed E-state index contributed by atoms with van der Waals surface area (Å²) in [5.74, 6) is 0.462. The predicted molar refractivity (Wildman–Crippen MR) is 122 cm³/mol. The van der Waals surface area contributed by atoms with Gasteiger partial charge in [0.2, 0.25) is 0 Å². The highest BCUT2D eigenvalue weighted by Gasteiger charge is 2.19. The Kier molecular flexibility index (Phi) is 7.14. The molecule has 0 atom stereocenters. The SMILES string of the molecule is CCOc1cccc2sc(N(CCN(C)C)C(=O)/C=C/c3ccc([N+](=O)[O-])s3)nc12. The molecule has 3 aromatic rings. The molecule has 1 aromatic carbocycles. The van der Waals surface area contributed by atoms with Gasteiger partial charge in [0.15, 0.2) is 5.13 Å². The molecule has 30 heavy (non-hydrogen) atoms. The average molecular weight is 447 g/mol. The highest BCUT2D eigenvalue weighted by atomic mass is 32.1. The number of nitro groups is 1. The number of hydrogen-bond acceptors (Lipinski definition) is 8. The molecule has 0 unspecified atom stereocenters. The van der Waals surface area contributed by atoms with Crippen molar-refractivity contribution in [3.63, 3.8) is 0 Å². The number of likely N-dealkylation sites (N-methyl/N-ethyl adjacent to an activating group) is 1. The zero-order chi connectivity index (χ0) is 21.7. The van der Waals surface area contributed by atoms with Crippen molar-refractivity contribution in [1.29, 1.82) is 0 Å². The highest BCUT2D eigenvalue weighted by Crippen LogP contribution is 2.34. The first-order chi connectivity index (χ1) is 14.4. The number of amides is 1. The standard InChI is InChI=1S/C20H22N4O4S2/c1-4-28-15-6-5-7-16-19(15)21-20(30-16)23(13-12-22(2)3)17(25)10-8-14-9-11-18(29-14)24(26)27/h5-11H,4,12-13H2,1-3H3/b10-8+. The van der Waals surface area contributed by atoms with E-state index in [-0.39, 0.29) is 10.9 Å². The normalized spacial score (nSPS) is 11.5. The lowest BCUT2D eigenvalue weighted by atomic mass is 10.3. The van der Waals surface area contributed by atoms with E-state index in [0.717, 1.165) is 21.6 Å².